The van der Waals surface area contributed by atoms with E-state index >= 15 is 0 Å². The number of carbonyl (C=O) groups is 1. The van der Waals surface area contributed by atoms with Crippen LogP contribution in [-0.4, -0.2) is 40.4 Å². The van der Waals surface area contributed by atoms with Crippen LogP contribution in [0, 0.1) is 18.3 Å². The zero-order valence-electron chi connectivity index (χ0n) is 24.1. The fourth-order valence-corrected chi connectivity index (χ4v) is 5.57. The summed E-state index contributed by atoms with van der Waals surface area (Å²) in [5, 5.41) is 9.39. The Morgan fingerprint density at radius 2 is 1.79 bits per heavy atom. The predicted octanol–water partition coefficient (Wildman–Crippen LogP) is 6.20. The van der Waals surface area contributed by atoms with E-state index < -0.39 is 0 Å². The van der Waals surface area contributed by atoms with E-state index in [9.17, 15) is 9.59 Å². The second-order valence-electron chi connectivity index (χ2n) is 10.6. The number of likely N-dealkylation sites (tertiary alicyclic amines) is 1. The van der Waals surface area contributed by atoms with Crippen molar-refractivity contribution in [3.63, 3.8) is 0 Å². The number of nitriles is 1. The van der Waals surface area contributed by atoms with E-state index in [4.69, 9.17) is 26.3 Å². The van der Waals surface area contributed by atoms with Gasteiger partial charge in [0.15, 0.2) is 6.29 Å². The molecule has 0 spiro atoms. The van der Waals surface area contributed by atoms with E-state index in [-0.39, 0.29) is 29.4 Å². The maximum atomic E-state index is 13.4. The molecule has 3 heterocycles. The second-order valence-corrected chi connectivity index (χ2v) is 11.0. The number of halogens is 1. The van der Waals surface area contributed by atoms with Crippen molar-refractivity contribution >= 4 is 17.9 Å². The number of hydrogen-bond acceptors (Lipinski definition) is 7. The molecule has 0 radical (unpaired) electrons. The van der Waals surface area contributed by atoms with Gasteiger partial charge in [-0.1, -0.05) is 29.8 Å². The van der Waals surface area contributed by atoms with Crippen molar-refractivity contribution in [1.29, 1.82) is 5.26 Å². The van der Waals surface area contributed by atoms with E-state index in [0.717, 1.165) is 42.7 Å². The first kappa shape index (κ1) is 30.0. The minimum absolute atomic E-state index is 0.00474. The Hall–Kier alpha value is -4.45. The van der Waals surface area contributed by atoms with Crippen molar-refractivity contribution in [2.75, 3.05) is 19.6 Å². The molecule has 1 aliphatic rings. The van der Waals surface area contributed by atoms with Gasteiger partial charge in [-0.3, -0.25) is 14.6 Å². The van der Waals surface area contributed by atoms with Gasteiger partial charge in [-0.2, -0.15) is 5.26 Å². The number of hydrogen-bond donors (Lipinski definition) is 0. The van der Waals surface area contributed by atoms with Crippen LogP contribution < -0.4 is 15.0 Å². The lowest BCUT2D eigenvalue weighted by atomic mass is 9.97. The number of ether oxygens (including phenoxy) is 2. The van der Waals surface area contributed by atoms with Crippen LogP contribution in [0.25, 0.3) is 11.1 Å². The SMILES string of the molecule is Cc1c(COc2cc(OCc3cncc(C#N)c3)c(C=O)cc2Cl)cccc1-c1cccn(CCCN2CCCC2)c1=O. The zero-order chi connectivity index (χ0) is 30.2. The van der Waals surface area contributed by atoms with Gasteiger partial charge in [0.05, 0.1) is 16.1 Å². The molecule has 43 heavy (non-hydrogen) atoms. The van der Waals surface area contributed by atoms with Crippen LogP contribution in [0.5, 0.6) is 11.5 Å². The molecule has 0 N–H and O–H groups in total. The first-order valence-corrected chi connectivity index (χ1v) is 14.7. The maximum Gasteiger partial charge on any atom is 0.258 e. The Morgan fingerprint density at radius 1 is 1.00 bits per heavy atom. The summed E-state index contributed by atoms with van der Waals surface area (Å²) in [6.07, 6.45) is 9.06. The van der Waals surface area contributed by atoms with Gasteiger partial charge in [-0.05, 0) is 86.8 Å². The summed E-state index contributed by atoms with van der Waals surface area (Å²) in [7, 11) is 0. The van der Waals surface area contributed by atoms with Crippen LogP contribution in [0.1, 0.15) is 51.9 Å². The molecule has 4 aromatic rings. The molecule has 0 saturated carbocycles. The Bertz CT molecular complexity index is 1710. The van der Waals surface area contributed by atoms with Crippen molar-refractivity contribution in [2.24, 2.45) is 0 Å². The molecule has 9 heteroatoms. The molecular formula is C34H33ClN4O4. The predicted molar refractivity (Wildman–Crippen MR) is 166 cm³/mol. The summed E-state index contributed by atoms with van der Waals surface area (Å²) in [4.78, 5) is 31.6. The summed E-state index contributed by atoms with van der Waals surface area (Å²) < 4.78 is 13.8. The van der Waals surface area contributed by atoms with Crippen LogP contribution in [0.2, 0.25) is 5.02 Å². The number of aldehydes is 1. The average Bonchev–Trinajstić information content (AvgIpc) is 3.55. The molecule has 2 aromatic carbocycles. The number of benzene rings is 2. The smallest absolute Gasteiger partial charge is 0.258 e. The Labute approximate surface area is 256 Å². The number of rotatable bonds is 12. The number of aryl methyl sites for hydroxylation is 1. The molecule has 0 bridgehead atoms. The summed E-state index contributed by atoms with van der Waals surface area (Å²) >= 11 is 6.46. The monoisotopic (exact) mass is 596 g/mol. The third kappa shape index (κ3) is 7.31. The minimum Gasteiger partial charge on any atom is -0.488 e. The molecule has 1 saturated heterocycles. The summed E-state index contributed by atoms with van der Waals surface area (Å²) in [5.41, 5.74) is 4.74. The normalized spacial score (nSPS) is 13.0. The van der Waals surface area contributed by atoms with Crippen molar-refractivity contribution < 1.29 is 14.3 Å². The highest BCUT2D eigenvalue weighted by atomic mass is 35.5. The van der Waals surface area contributed by atoms with E-state index in [1.807, 2.05) is 49.5 Å². The number of nitrogens with zero attached hydrogens (tertiary/aromatic N) is 4. The number of pyridine rings is 2. The van der Waals surface area contributed by atoms with Gasteiger partial charge >= 0.3 is 0 Å². The third-order valence-electron chi connectivity index (χ3n) is 7.72. The van der Waals surface area contributed by atoms with Crippen molar-refractivity contribution in [3.8, 4) is 28.7 Å². The molecule has 1 aliphatic heterocycles. The highest BCUT2D eigenvalue weighted by Gasteiger charge is 2.15. The first-order chi connectivity index (χ1) is 21.0. The number of carbonyl (C=O) groups excluding carboxylic acids is 1. The second kappa shape index (κ2) is 14.1. The summed E-state index contributed by atoms with van der Waals surface area (Å²) in [5.74, 6) is 0.660. The molecule has 5 rings (SSSR count). The van der Waals surface area contributed by atoms with E-state index in [1.165, 1.54) is 25.1 Å². The van der Waals surface area contributed by atoms with Crippen molar-refractivity contribution in [2.45, 2.75) is 45.9 Å². The van der Waals surface area contributed by atoms with Crippen LogP contribution in [0.3, 0.4) is 0 Å². The van der Waals surface area contributed by atoms with E-state index in [2.05, 4.69) is 9.88 Å². The van der Waals surface area contributed by atoms with E-state index in [1.54, 1.807) is 22.9 Å². The van der Waals surface area contributed by atoms with Gasteiger partial charge in [0, 0.05) is 42.3 Å². The van der Waals surface area contributed by atoms with Gasteiger partial charge in [0.1, 0.15) is 30.8 Å². The molecular weight excluding hydrogens is 564 g/mol. The van der Waals surface area contributed by atoms with Crippen molar-refractivity contribution in [1.82, 2.24) is 14.5 Å². The first-order valence-electron chi connectivity index (χ1n) is 14.4. The Morgan fingerprint density at radius 3 is 2.58 bits per heavy atom. The highest BCUT2D eigenvalue weighted by molar-refractivity contribution is 6.32. The Kier molecular flexibility index (Phi) is 9.88. The molecule has 220 valence electrons. The fraction of sp³-hybridized carbons (Fsp3) is 0.294. The zero-order valence-corrected chi connectivity index (χ0v) is 24.8. The molecule has 8 nitrogen and oxygen atoms in total. The molecule has 0 aliphatic carbocycles. The largest absolute Gasteiger partial charge is 0.488 e. The lowest BCUT2D eigenvalue weighted by molar-refractivity contribution is 0.111. The summed E-state index contributed by atoms with van der Waals surface area (Å²) in [6.45, 7) is 6.29. The molecule has 2 aromatic heterocycles. The molecule has 0 amide bonds. The minimum atomic E-state index is -0.00474. The number of aromatic nitrogens is 2. The molecule has 0 unspecified atom stereocenters. The van der Waals surface area contributed by atoms with Crippen LogP contribution in [-0.2, 0) is 19.8 Å². The average molecular weight is 597 g/mol. The van der Waals surface area contributed by atoms with Crippen LogP contribution in [0.4, 0.5) is 0 Å². The van der Waals surface area contributed by atoms with Gasteiger partial charge in [-0.15, -0.1) is 0 Å². The summed E-state index contributed by atoms with van der Waals surface area (Å²) in [6, 6.07) is 16.4. The third-order valence-corrected chi connectivity index (χ3v) is 8.02. The standard InChI is InChI=1S/C34H33ClN4O4/c1-24-27(7-4-8-29(24)30-9-5-13-39(34(30)41)14-6-12-38-10-2-3-11-38)23-43-33-17-32(28(21-40)16-31(33)35)42-22-26-15-25(18-36)19-37-20-26/h4-5,7-9,13,15-17,19-21H,2-3,6,10-12,14,22-23H2,1H3. The fourth-order valence-electron chi connectivity index (χ4n) is 5.34. The lowest BCUT2D eigenvalue weighted by Gasteiger charge is -2.16. The van der Waals surface area contributed by atoms with Gasteiger partial charge in [-0.25, -0.2) is 0 Å². The van der Waals surface area contributed by atoms with E-state index in [0.29, 0.717) is 41.0 Å². The lowest BCUT2D eigenvalue weighted by Crippen LogP contribution is -2.25. The topological polar surface area (TPSA) is 97.5 Å². The van der Waals surface area contributed by atoms with Crippen molar-refractivity contribution in [3.05, 3.63) is 110 Å². The molecule has 0 atom stereocenters. The molecule has 1 fully saturated rings. The van der Waals surface area contributed by atoms with Gasteiger partial charge in [0.25, 0.3) is 5.56 Å². The van der Waals surface area contributed by atoms with Crippen LogP contribution in [0.15, 0.2) is 71.9 Å². The van der Waals surface area contributed by atoms with Gasteiger partial charge in [0.2, 0.25) is 0 Å². The highest BCUT2D eigenvalue weighted by Crippen LogP contribution is 2.34. The quantitative estimate of drug-likeness (QED) is 0.180. The van der Waals surface area contributed by atoms with Gasteiger partial charge < -0.3 is 18.9 Å². The Balaban J connectivity index is 1.30. The van der Waals surface area contributed by atoms with Crippen LogP contribution >= 0.6 is 11.6 Å². The maximum absolute atomic E-state index is 13.4.